The van der Waals surface area contributed by atoms with Crippen LogP contribution in [0.15, 0.2) is 35.1 Å². The molecule has 0 bridgehead atoms. The summed E-state index contributed by atoms with van der Waals surface area (Å²) in [4.78, 5) is 37.3. The molecule has 2 aromatic heterocycles. The topological polar surface area (TPSA) is 58.4 Å². The average molecular weight is 423 g/mol. The molecule has 7 heteroatoms. The van der Waals surface area contributed by atoms with E-state index in [9.17, 15) is 9.59 Å². The average Bonchev–Trinajstić information content (AvgIpc) is 3.34. The molecule has 156 valence electrons. The summed E-state index contributed by atoms with van der Waals surface area (Å²) in [6.07, 6.45) is 3.14. The van der Waals surface area contributed by atoms with Gasteiger partial charge in [-0.1, -0.05) is 32.0 Å². The zero-order valence-electron chi connectivity index (χ0n) is 17.4. The molecular formula is C23H26N4O2S. The Bertz CT molecular complexity index is 1160. The maximum absolute atomic E-state index is 13.7. The minimum atomic E-state index is 0.00188. The largest absolute Gasteiger partial charge is 0.339 e. The normalized spacial score (nSPS) is 16.5. The van der Waals surface area contributed by atoms with Crippen molar-refractivity contribution >= 4 is 33.4 Å². The molecule has 1 aliphatic heterocycles. The third kappa shape index (κ3) is 3.12. The van der Waals surface area contributed by atoms with Crippen LogP contribution in [0.25, 0.3) is 15.9 Å². The second-order valence-electron chi connectivity index (χ2n) is 8.39. The predicted molar refractivity (Wildman–Crippen MR) is 121 cm³/mol. The lowest BCUT2D eigenvalue weighted by Gasteiger charge is -2.36. The Morgan fingerprint density at radius 3 is 2.50 bits per heavy atom. The number of aryl methyl sites for hydroxylation is 2. The third-order valence-electron chi connectivity index (χ3n) is 6.10. The maximum atomic E-state index is 13.7. The fourth-order valence-corrected chi connectivity index (χ4v) is 5.79. The molecule has 0 spiro atoms. The molecule has 1 aliphatic carbocycles. The number of para-hydroxylation sites is 1. The first kappa shape index (κ1) is 19.3. The van der Waals surface area contributed by atoms with E-state index in [1.54, 1.807) is 15.9 Å². The molecule has 1 fully saturated rings. The number of hydrogen-bond donors (Lipinski definition) is 0. The van der Waals surface area contributed by atoms with Gasteiger partial charge in [-0.15, -0.1) is 11.3 Å². The van der Waals surface area contributed by atoms with Crippen LogP contribution in [0.2, 0.25) is 0 Å². The SMILES string of the molecule is CC(C)C(=O)N1CCN(c2nc3sc4c(c3c(=O)n2-c2ccccc2)CCC4)CC1. The minimum absolute atomic E-state index is 0.00188. The molecule has 0 radical (unpaired) electrons. The molecule has 0 unspecified atom stereocenters. The molecule has 2 aliphatic rings. The van der Waals surface area contributed by atoms with E-state index in [0.29, 0.717) is 32.1 Å². The summed E-state index contributed by atoms with van der Waals surface area (Å²) in [7, 11) is 0. The summed E-state index contributed by atoms with van der Waals surface area (Å²) in [6.45, 7) is 6.53. The van der Waals surface area contributed by atoms with Crippen LogP contribution < -0.4 is 10.5 Å². The number of benzene rings is 1. The van der Waals surface area contributed by atoms with Crippen molar-refractivity contribution in [2.45, 2.75) is 33.1 Å². The maximum Gasteiger partial charge on any atom is 0.268 e. The summed E-state index contributed by atoms with van der Waals surface area (Å²) < 4.78 is 1.77. The van der Waals surface area contributed by atoms with Gasteiger partial charge in [-0.2, -0.15) is 0 Å². The van der Waals surface area contributed by atoms with E-state index in [1.165, 1.54) is 10.4 Å². The van der Waals surface area contributed by atoms with Crippen molar-refractivity contribution in [1.29, 1.82) is 0 Å². The highest BCUT2D eigenvalue weighted by molar-refractivity contribution is 7.18. The van der Waals surface area contributed by atoms with E-state index in [1.807, 2.05) is 49.1 Å². The van der Waals surface area contributed by atoms with Gasteiger partial charge in [0.25, 0.3) is 5.56 Å². The van der Waals surface area contributed by atoms with Crippen LogP contribution >= 0.6 is 11.3 Å². The van der Waals surface area contributed by atoms with E-state index >= 15 is 0 Å². The first-order valence-electron chi connectivity index (χ1n) is 10.7. The molecule has 5 rings (SSSR count). The highest BCUT2D eigenvalue weighted by Crippen LogP contribution is 2.36. The number of aromatic nitrogens is 2. The van der Waals surface area contributed by atoms with Crippen LogP contribution in [0.5, 0.6) is 0 Å². The van der Waals surface area contributed by atoms with Crippen molar-refractivity contribution in [1.82, 2.24) is 14.5 Å². The zero-order chi connectivity index (χ0) is 20.8. The van der Waals surface area contributed by atoms with Gasteiger partial charge in [-0.05, 0) is 37.0 Å². The molecule has 1 saturated heterocycles. The molecule has 1 amide bonds. The Kier molecular flexibility index (Phi) is 4.85. The van der Waals surface area contributed by atoms with Crippen molar-refractivity contribution in [2.75, 3.05) is 31.1 Å². The molecule has 0 atom stereocenters. The van der Waals surface area contributed by atoms with Crippen molar-refractivity contribution in [3.63, 3.8) is 0 Å². The number of carbonyl (C=O) groups excluding carboxylic acids is 1. The van der Waals surface area contributed by atoms with Crippen LogP contribution in [-0.2, 0) is 17.6 Å². The standard InChI is InChI=1S/C23H26N4O2S/c1-15(2)21(28)25-11-13-26(14-12-25)23-24-20-19(17-9-6-10-18(17)30-20)22(29)27(23)16-7-4-3-5-8-16/h3-5,7-8,15H,6,9-14H2,1-2H3. The van der Waals surface area contributed by atoms with E-state index < -0.39 is 0 Å². The van der Waals surface area contributed by atoms with Gasteiger partial charge in [-0.3, -0.25) is 9.59 Å². The van der Waals surface area contributed by atoms with Crippen LogP contribution in [0.3, 0.4) is 0 Å². The van der Waals surface area contributed by atoms with Crippen molar-refractivity contribution in [2.24, 2.45) is 5.92 Å². The smallest absolute Gasteiger partial charge is 0.268 e. The van der Waals surface area contributed by atoms with E-state index in [4.69, 9.17) is 4.98 Å². The highest BCUT2D eigenvalue weighted by Gasteiger charge is 2.28. The molecule has 6 nitrogen and oxygen atoms in total. The number of hydrogen-bond acceptors (Lipinski definition) is 5. The first-order valence-corrected chi connectivity index (χ1v) is 11.5. The lowest BCUT2D eigenvalue weighted by atomic mass is 10.1. The Hall–Kier alpha value is -2.67. The number of fused-ring (bicyclic) bond motifs is 3. The van der Waals surface area contributed by atoms with Crippen LogP contribution in [0.1, 0.15) is 30.7 Å². The van der Waals surface area contributed by atoms with Crippen molar-refractivity contribution in [3.05, 3.63) is 51.1 Å². The number of nitrogens with zero attached hydrogens (tertiary/aromatic N) is 4. The number of carbonyl (C=O) groups is 1. The lowest BCUT2D eigenvalue weighted by molar-refractivity contribution is -0.134. The third-order valence-corrected chi connectivity index (χ3v) is 7.29. The van der Waals surface area contributed by atoms with Gasteiger partial charge < -0.3 is 9.80 Å². The fraction of sp³-hybridized carbons (Fsp3) is 0.435. The summed E-state index contributed by atoms with van der Waals surface area (Å²) in [6, 6.07) is 9.78. The van der Waals surface area contributed by atoms with Gasteiger partial charge in [0.1, 0.15) is 4.83 Å². The molecular weight excluding hydrogens is 396 g/mol. The van der Waals surface area contributed by atoms with Crippen LogP contribution in [-0.4, -0.2) is 46.5 Å². The second kappa shape index (κ2) is 7.54. The first-order chi connectivity index (χ1) is 14.5. The van der Waals surface area contributed by atoms with Gasteiger partial charge in [0.05, 0.1) is 11.1 Å². The summed E-state index contributed by atoms with van der Waals surface area (Å²) >= 11 is 1.68. The van der Waals surface area contributed by atoms with Crippen molar-refractivity contribution < 1.29 is 4.79 Å². The minimum Gasteiger partial charge on any atom is -0.339 e. The Balaban J connectivity index is 1.60. The molecule has 3 aromatic rings. The van der Waals surface area contributed by atoms with E-state index in [0.717, 1.165) is 35.2 Å². The Morgan fingerprint density at radius 1 is 1.07 bits per heavy atom. The van der Waals surface area contributed by atoms with E-state index in [-0.39, 0.29) is 17.4 Å². The lowest BCUT2D eigenvalue weighted by Crippen LogP contribution is -2.51. The quantitative estimate of drug-likeness (QED) is 0.650. The highest BCUT2D eigenvalue weighted by atomic mass is 32.1. The summed E-state index contributed by atoms with van der Waals surface area (Å²) in [5.74, 6) is 0.880. The molecule has 3 heterocycles. The van der Waals surface area contributed by atoms with Gasteiger partial charge in [0.2, 0.25) is 11.9 Å². The predicted octanol–water partition coefficient (Wildman–Crippen LogP) is 3.24. The molecule has 0 N–H and O–H groups in total. The van der Waals surface area contributed by atoms with Gasteiger partial charge >= 0.3 is 0 Å². The number of anilines is 1. The van der Waals surface area contributed by atoms with Crippen LogP contribution in [0, 0.1) is 5.92 Å². The summed E-state index contributed by atoms with van der Waals surface area (Å²) in [5, 5.41) is 0.800. The Labute approximate surface area is 179 Å². The molecule has 0 saturated carbocycles. The zero-order valence-corrected chi connectivity index (χ0v) is 18.2. The molecule has 1 aromatic carbocycles. The van der Waals surface area contributed by atoms with Crippen LogP contribution in [0.4, 0.5) is 5.95 Å². The fourth-order valence-electron chi connectivity index (χ4n) is 4.55. The van der Waals surface area contributed by atoms with Crippen molar-refractivity contribution in [3.8, 4) is 5.69 Å². The number of thiophene rings is 1. The van der Waals surface area contributed by atoms with E-state index in [2.05, 4.69) is 4.90 Å². The number of piperazine rings is 1. The number of rotatable bonds is 3. The van der Waals surface area contributed by atoms with Gasteiger partial charge in [0.15, 0.2) is 0 Å². The number of amides is 1. The monoisotopic (exact) mass is 422 g/mol. The van der Waals surface area contributed by atoms with Gasteiger partial charge in [0, 0.05) is 37.0 Å². The second-order valence-corrected chi connectivity index (χ2v) is 9.48. The summed E-state index contributed by atoms with van der Waals surface area (Å²) in [5.41, 5.74) is 2.07. The molecule has 30 heavy (non-hydrogen) atoms. The Morgan fingerprint density at radius 2 is 1.80 bits per heavy atom. The van der Waals surface area contributed by atoms with Gasteiger partial charge in [-0.25, -0.2) is 9.55 Å².